The number of aryl methyl sites for hydroxylation is 1. The first kappa shape index (κ1) is 12.7. The van der Waals surface area contributed by atoms with Crippen molar-refractivity contribution in [1.82, 2.24) is 4.57 Å². The van der Waals surface area contributed by atoms with Gasteiger partial charge < -0.3 is 15.0 Å². The minimum absolute atomic E-state index is 0.0164. The summed E-state index contributed by atoms with van der Waals surface area (Å²) in [5.41, 5.74) is 7.55. The van der Waals surface area contributed by atoms with Gasteiger partial charge in [-0.25, -0.2) is 0 Å². The van der Waals surface area contributed by atoms with Crippen LogP contribution in [0, 0.1) is 6.92 Å². The van der Waals surface area contributed by atoms with Crippen LogP contribution in [0.5, 0.6) is 0 Å². The number of nitrogens with two attached hydrogens (primary N) is 1. The molecule has 1 saturated heterocycles. The fraction of sp³-hybridized carbons (Fsp3) is 0.667. The van der Waals surface area contributed by atoms with Gasteiger partial charge >= 0.3 is 0 Å². The van der Waals surface area contributed by atoms with Gasteiger partial charge in [0.1, 0.15) is 0 Å². The number of nitrogens with zero attached hydrogens (tertiary/aromatic N) is 1. The summed E-state index contributed by atoms with van der Waals surface area (Å²) in [6.45, 7) is 2.49. The number of anilines is 1. The third-order valence-electron chi connectivity index (χ3n) is 4.63. The Morgan fingerprint density at radius 1 is 1.42 bits per heavy atom. The Bertz CT molecular complexity index is 529. The van der Waals surface area contributed by atoms with E-state index in [0.717, 1.165) is 18.4 Å². The second kappa shape index (κ2) is 4.67. The van der Waals surface area contributed by atoms with E-state index < -0.39 is 0 Å². The zero-order chi connectivity index (χ0) is 13.5. The van der Waals surface area contributed by atoms with Gasteiger partial charge in [-0.1, -0.05) is 12.8 Å². The second-order valence-electron chi connectivity index (χ2n) is 6.07. The lowest BCUT2D eigenvalue weighted by Crippen LogP contribution is -2.30. The van der Waals surface area contributed by atoms with E-state index >= 15 is 0 Å². The van der Waals surface area contributed by atoms with E-state index in [1.54, 1.807) is 16.8 Å². The van der Waals surface area contributed by atoms with Crippen LogP contribution in [0.3, 0.4) is 0 Å². The van der Waals surface area contributed by atoms with Crippen LogP contribution in [0.25, 0.3) is 0 Å². The Balaban J connectivity index is 1.73. The molecule has 104 valence electrons. The number of nitrogen functional groups attached to an aromatic ring is 1. The van der Waals surface area contributed by atoms with Gasteiger partial charge in [0.2, 0.25) is 0 Å². The molecule has 4 heteroatoms. The third kappa shape index (κ3) is 2.41. The highest BCUT2D eigenvalue weighted by atomic mass is 16.5. The Morgan fingerprint density at radius 3 is 2.89 bits per heavy atom. The molecule has 0 bridgehead atoms. The molecule has 0 radical (unpaired) electrons. The first-order chi connectivity index (χ1) is 9.08. The average Bonchev–Trinajstić information content (AvgIpc) is 2.98. The molecule has 3 rings (SSSR count). The molecule has 1 unspecified atom stereocenters. The van der Waals surface area contributed by atoms with Crippen molar-refractivity contribution in [2.75, 3.05) is 5.73 Å². The van der Waals surface area contributed by atoms with Gasteiger partial charge in [0.05, 0.1) is 23.9 Å². The Kier molecular flexibility index (Phi) is 3.13. The lowest BCUT2D eigenvalue weighted by molar-refractivity contribution is -0.0421. The number of hydrogen-bond acceptors (Lipinski definition) is 3. The van der Waals surface area contributed by atoms with Crippen molar-refractivity contribution < 1.29 is 4.74 Å². The van der Waals surface area contributed by atoms with E-state index in [1.807, 2.05) is 6.92 Å². The molecule has 1 aliphatic carbocycles. The highest BCUT2D eigenvalue weighted by Gasteiger charge is 2.42. The second-order valence-corrected chi connectivity index (χ2v) is 6.07. The van der Waals surface area contributed by atoms with Gasteiger partial charge in [-0.2, -0.15) is 0 Å². The predicted octanol–water partition coefficient (Wildman–Crippen LogP) is 2.23. The molecule has 1 aromatic heterocycles. The van der Waals surface area contributed by atoms with Gasteiger partial charge in [-0.3, -0.25) is 4.79 Å². The van der Waals surface area contributed by atoms with Crippen LogP contribution < -0.4 is 11.3 Å². The summed E-state index contributed by atoms with van der Waals surface area (Å²) in [6, 6.07) is 1.61. The first-order valence-corrected chi connectivity index (χ1v) is 7.22. The molecule has 2 aliphatic rings. The zero-order valence-corrected chi connectivity index (χ0v) is 11.5. The molecular weight excluding hydrogens is 240 g/mol. The largest absolute Gasteiger partial charge is 0.397 e. The van der Waals surface area contributed by atoms with Crippen molar-refractivity contribution >= 4 is 5.69 Å². The van der Waals surface area contributed by atoms with Gasteiger partial charge in [0, 0.05) is 12.3 Å². The molecule has 4 nitrogen and oxygen atoms in total. The molecule has 2 heterocycles. The minimum atomic E-state index is 0.0164. The Hall–Kier alpha value is -1.29. The van der Waals surface area contributed by atoms with E-state index in [-0.39, 0.29) is 17.3 Å². The third-order valence-corrected chi connectivity index (χ3v) is 4.63. The fourth-order valence-corrected chi connectivity index (χ4v) is 3.46. The van der Waals surface area contributed by atoms with Gasteiger partial charge in [-0.15, -0.1) is 0 Å². The zero-order valence-electron chi connectivity index (χ0n) is 11.5. The van der Waals surface area contributed by atoms with Crippen LogP contribution in [0.2, 0.25) is 0 Å². The minimum Gasteiger partial charge on any atom is -0.397 e. The molecule has 1 spiro atoms. The topological polar surface area (TPSA) is 57.2 Å². The van der Waals surface area contributed by atoms with Crippen LogP contribution in [0.15, 0.2) is 17.1 Å². The molecule has 1 aliphatic heterocycles. The van der Waals surface area contributed by atoms with Gasteiger partial charge in [-0.05, 0) is 38.2 Å². The van der Waals surface area contributed by atoms with E-state index in [0.29, 0.717) is 12.2 Å². The van der Waals surface area contributed by atoms with Crippen LogP contribution in [-0.4, -0.2) is 16.3 Å². The number of ether oxygens (including phenoxy) is 1. The molecule has 2 N–H and O–H groups in total. The van der Waals surface area contributed by atoms with Crippen LogP contribution in [0.1, 0.15) is 44.1 Å². The molecule has 1 atom stereocenters. The summed E-state index contributed by atoms with van der Waals surface area (Å²) >= 11 is 0. The molecular formula is C15H22N2O2. The summed E-state index contributed by atoms with van der Waals surface area (Å²) < 4.78 is 7.93. The average molecular weight is 262 g/mol. The maximum Gasteiger partial charge on any atom is 0.251 e. The number of pyridine rings is 1. The molecule has 2 fully saturated rings. The van der Waals surface area contributed by atoms with E-state index in [1.165, 1.54) is 25.7 Å². The van der Waals surface area contributed by atoms with Crippen molar-refractivity contribution in [3.8, 4) is 0 Å². The monoisotopic (exact) mass is 262 g/mol. The normalized spacial score (nSPS) is 25.2. The maximum absolute atomic E-state index is 11.9. The fourth-order valence-electron chi connectivity index (χ4n) is 3.46. The summed E-state index contributed by atoms with van der Waals surface area (Å²) in [5.74, 6) is 0. The van der Waals surface area contributed by atoms with Crippen molar-refractivity contribution in [2.45, 2.75) is 63.7 Å². The number of aromatic nitrogens is 1. The highest BCUT2D eigenvalue weighted by Crippen LogP contribution is 2.43. The molecule has 19 heavy (non-hydrogen) atoms. The summed E-state index contributed by atoms with van der Waals surface area (Å²) in [6.07, 6.45) is 9.06. The highest BCUT2D eigenvalue weighted by molar-refractivity contribution is 5.42. The number of hydrogen-bond donors (Lipinski definition) is 1. The Morgan fingerprint density at radius 2 is 2.16 bits per heavy atom. The number of rotatable bonds is 2. The molecule has 1 saturated carbocycles. The quantitative estimate of drug-likeness (QED) is 0.889. The SMILES string of the molecule is Cc1cc(=O)n(CC2CCC3(CCCC3)O2)cc1N. The smallest absolute Gasteiger partial charge is 0.251 e. The summed E-state index contributed by atoms with van der Waals surface area (Å²) in [4.78, 5) is 11.9. The van der Waals surface area contributed by atoms with Gasteiger partial charge in [0.25, 0.3) is 5.56 Å². The van der Waals surface area contributed by atoms with Crippen LogP contribution >= 0.6 is 0 Å². The van der Waals surface area contributed by atoms with Crippen molar-refractivity contribution in [2.24, 2.45) is 0 Å². The first-order valence-electron chi connectivity index (χ1n) is 7.22. The van der Waals surface area contributed by atoms with Crippen LogP contribution in [0.4, 0.5) is 5.69 Å². The summed E-state index contributed by atoms with van der Waals surface area (Å²) in [5, 5.41) is 0. The van der Waals surface area contributed by atoms with E-state index in [9.17, 15) is 4.79 Å². The predicted molar refractivity (Wildman–Crippen MR) is 75.2 cm³/mol. The Labute approximate surface area is 113 Å². The van der Waals surface area contributed by atoms with Crippen molar-refractivity contribution in [1.29, 1.82) is 0 Å². The van der Waals surface area contributed by atoms with E-state index in [4.69, 9.17) is 10.5 Å². The standard InChI is InChI=1S/C15H22N2O2/c1-11-8-14(18)17(10-13(11)16)9-12-4-7-15(19-12)5-2-3-6-15/h8,10,12H,2-7,9,16H2,1H3. The molecule has 0 aromatic carbocycles. The summed E-state index contributed by atoms with van der Waals surface area (Å²) in [7, 11) is 0. The molecule has 0 amide bonds. The van der Waals surface area contributed by atoms with Gasteiger partial charge in [0.15, 0.2) is 0 Å². The van der Waals surface area contributed by atoms with Crippen molar-refractivity contribution in [3.63, 3.8) is 0 Å². The lowest BCUT2D eigenvalue weighted by Gasteiger charge is -2.24. The van der Waals surface area contributed by atoms with Crippen LogP contribution in [-0.2, 0) is 11.3 Å². The molecule has 1 aromatic rings. The maximum atomic E-state index is 11.9. The van der Waals surface area contributed by atoms with E-state index in [2.05, 4.69) is 0 Å². The lowest BCUT2D eigenvalue weighted by atomic mass is 9.98. The van der Waals surface area contributed by atoms with Crippen molar-refractivity contribution in [3.05, 3.63) is 28.2 Å².